The Hall–Kier alpha value is -2.85. The normalized spacial score (nSPS) is 21.3. The number of hydrogen-bond acceptors (Lipinski definition) is 5. The van der Waals surface area contributed by atoms with Crippen molar-refractivity contribution in [1.29, 1.82) is 0 Å². The maximum Gasteiger partial charge on any atom is 0.266 e. The number of piperidine rings is 1. The summed E-state index contributed by atoms with van der Waals surface area (Å²) in [6.45, 7) is 7.77. The monoisotopic (exact) mass is 534 g/mol. The van der Waals surface area contributed by atoms with Crippen molar-refractivity contribution in [3.63, 3.8) is 0 Å². The van der Waals surface area contributed by atoms with Crippen LogP contribution in [0.2, 0.25) is 0 Å². The summed E-state index contributed by atoms with van der Waals surface area (Å²) in [4.78, 5) is 29.0. The van der Waals surface area contributed by atoms with Gasteiger partial charge in [-0.1, -0.05) is 18.2 Å². The molecule has 2 fully saturated rings. The zero-order valence-corrected chi connectivity index (χ0v) is 22.4. The van der Waals surface area contributed by atoms with Crippen LogP contribution in [0.25, 0.3) is 0 Å². The molecular weight excluding hydrogens is 497 g/mol. The summed E-state index contributed by atoms with van der Waals surface area (Å²) in [5.74, 6) is -1.55. The third-order valence-corrected chi connectivity index (χ3v) is 7.58. The number of benzene rings is 1. The molecule has 0 aliphatic carbocycles. The molecule has 2 atom stereocenters. The van der Waals surface area contributed by atoms with Gasteiger partial charge in [-0.05, 0) is 66.6 Å². The quantitative estimate of drug-likeness (QED) is 0.520. The van der Waals surface area contributed by atoms with Gasteiger partial charge in [-0.15, -0.1) is 0 Å². The minimum Gasteiger partial charge on any atom is -0.381 e. The van der Waals surface area contributed by atoms with Crippen molar-refractivity contribution in [3.05, 3.63) is 63.3 Å². The second-order valence-corrected chi connectivity index (χ2v) is 11.1. The molecule has 208 valence electrons. The van der Waals surface area contributed by atoms with E-state index in [0.717, 1.165) is 32.0 Å². The Morgan fingerprint density at radius 2 is 1.84 bits per heavy atom. The van der Waals surface area contributed by atoms with Gasteiger partial charge >= 0.3 is 0 Å². The number of likely N-dealkylation sites (tertiary alicyclic amines) is 1. The number of ether oxygens (including phenoxy) is 1. The molecule has 0 radical (unpaired) electrons. The van der Waals surface area contributed by atoms with Crippen molar-refractivity contribution >= 4 is 11.6 Å². The molecule has 2 aliphatic rings. The summed E-state index contributed by atoms with van der Waals surface area (Å²) >= 11 is 0. The van der Waals surface area contributed by atoms with Gasteiger partial charge < -0.3 is 24.8 Å². The van der Waals surface area contributed by atoms with Crippen LogP contribution in [0.1, 0.15) is 86.4 Å². The second-order valence-electron chi connectivity index (χ2n) is 11.1. The number of hydrogen-bond donors (Lipinski definition) is 2. The molecule has 10 heteroatoms. The van der Waals surface area contributed by atoms with Crippen molar-refractivity contribution in [1.82, 2.24) is 14.8 Å². The lowest BCUT2D eigenvalue weighted by Gasteiger charge is -2.36. The largest absolute Gasteiger partial charge is 0.381 e. The average Bonchev–Trinajstić information content (AvgIpc) is 2.84. The van der Waals surface area contributed by atoms with E-state index in [1.807, 2.05) is 13.8 Å². The Morgan fingerprint density at radius 3 is 2.50 bits per heavy atom. The second kappa shape index (κ2) is 11.5. The number of alkyl halides is 2. The van der Waals surface area contributed by atoms with Gasteiger partial charge in [-0.2, -0.15) is 0 Å². The van der Waals surface area contributed by atoms with Crippen molar-refractivity contribution in [2.75, 3.05) is 32.1 Å². The van der Waals surface area contributed by atoms with Gasteiger partial charge in [0.2, 0.25) is 0 Å². The first-order valence-electron chi connectivity index (χ1n) is 13.2. The van der Waals surface area contributed by atoms with Crippen LogP contribution in [0.3, 0.4) is 0 Å². The van der Waals surface area contributed by atoms with E-state index in [9.17, 15) is 22.8 Å². The number of carbonyl (C=O) groups excluding carboxylic acids is 1. The van der Waals surface area contributed by atoms with Crippen LogP contribution in [-0.2, 0) is 4.74 Å². The standard InChI is InChI=1S/C28H37F3N4O3/c1-17(20-6-5-7-21(25(20)29)26(30)31)32-27(37)22-16-35(19-10-13-38-28(2,3)15-19)24(36)14-23(22)33-18-8-11-34(4)12-9-18/h5-7,14,16-19,26,33H,8-13,15H2,1-4H3,(H,32,37)/t17-,19-/m1/s1. The van der Waals surface area contributed by atoms with Crippen LogP contribution in [0.5, 0.6) is 0 Å². The first-order chi connectivity index (χ1) is 17.9. The zero-order valence-electron chi connectivity index (χ0n) is 22.4. The number of pyridine rings is 1. The van der Waals surface area contributed by atoms with Gasteiger partial charge in [0.15, 0.2) is 0 Å². The van der Waals surface area contributed by atoms with Crippen LogP contribution in [-0.4, -0.2) is 53.8 Å². The predicted molar refractivity (Wildman–Crippen MR) is 140 cm³/mol. The molecule has 0 unspecified atom stereocenters. The number of aromatic nitrogens is 1. The van der Waals surface area contributed by atoms with Crippen molar-refractivity contribution in [2.45, 2.75) is 76.6 Å². The molecule has 0 saturated carbocycles. The molecule has 0 spiro atoms. The van der Waals surface area contributed by atoms with Crippen LogP contribution in [0, 0.1) is 5.82 Å². The molecule has 2 saturated heterocycles. The van der Waals surface area contributed by atoms with Gasteiger partial charge in [0.1, 0.15) is 5.82 Å². The highest BCUT2D eigenvalue weighted by atomic mass is 19.3. The first kappa shape index (κ1) is 28.2. The molecule has 1 amide bonds. The van der Waals surface area contributed by atoms with E-state index in [4.69, 9.17) is 4.74 Å². The number of amides is 1. The highest BCUT2D eigenvalue weighted by Crippen LogP contribution is 2.32. The fraction of sp³-hybridized carbons (Fsp3) is 0.571. The number of nitrogens with zero attached hydrogens (tertiary/aromatic N) is 2. The highest BCUT2D eigenvalue weighted by Gasteiger charge is 2.31. The van der Waals surface area contributed by atoms with Crippen molar-refractivity contribution in [3.8, 4) is 0 Å². The third kappa shape index (κ3) is 6.40. The maximum atomic E-state index is 14.8. The lowest BCUT2D eigenvalue weighted by Crippen LogP contribution is -2.40. The fourth-order valence-electron chi connectivity index (χ4n) is 5.37. The van der Waals surface area contributed by atoms with Gasteiger partial charge in [0.05, 0.1) is 28.5 Å². The van der Waals surface area contributed by atoms with E-state index in [-0.39, 0.29) is 28.8 Å². The minimum atomic E-state index is -2.96. The molecule has 0 bridgehead atoms. The van der Waals surface area contributed by atoms with E-state index in [0.29, 0.717) is 25.1 Å². The molecule has 3 heterocycles. The highest BCUT2D eigenvalue weighted by molar-refractivity contribution is 5.99. The third-order valence-electron chi connectivity index (χ3n) is 7.58. The number of carbonyl (C=O) groups is 1. The molecule has 2 N–H and O–H groups in total. The van der Waals surface area contributed by atoms with Crippen LogP contribution in [0.4, 0.5) is 18.9 Å². The summed E-state index contributed by atoms with van der Waals surface area (Å²) in [6, 6.07) is 4.29. The summed E-state index contributed by atoms with van der Waals surface area (Å²) in [7, 11) is 2.05. The van der Waals surface area contributed by atoms with Gasteiger partial charge in [-0.3, -0.25) is 9.59 Å². The Kier molecular flexibility index (Phi) is 8.52. The van der Waals surface area contributed by atoms with Crippen LogP contribution >= 0.6 is 0 Å². The maximum absolute atomic E-state index is 14.8. The smallest absolute Gasteiger partial charge is 0.266 e. The molecule has 7 nitrogen and oxygen atoms in total. The summed E-state index contributed by atoms with van der Waals surface area (Å²) in [6.07, 6.45) is 1.56. The molecule has 2 aromatic rings. The minimum absolute atomic E-state index is 0.0273. The van der Waals surface area contributed by atoms with E-state index in [1.54, 1.807) is 17.7 Å². The summed E-state index contributed by atoms with van der Waals surface area (Å²) in [5.41, 5.74) is -0.686. The predicted octanol–water partition coefficient (Wildman–Crippen LogP) is 5.05. The number of rotatable bonds is 7. The topological polar surface area (TPSA) is 75.6 Å². The zero-order chi connectivity index (χ0) is 27.6. The van der Waals surface area contributed by atoms with Crippen LogP contribution < -0.4 is 16.2 Å². The molecule has 4 rings (SSSR count). The number of nitrogens with one attached hydrogen (secondary N) is 2. The Labute approximate surface area is 221 Å². The van der Waals surface area contributed by atoms with E-state index in [2.05, 4.69) is 22.6 Å². The molecule has 1 aromatic heterocycles. The lowest BCUT2D eigenvalue weighted by atomic mass is 9.93. The summed E-state index contributed by atoms with van der Waals surface area (Å²) in [5, 5.41) is 6.15. The van der Waals surface area contributed by atoms with Crippen molar-refractivity contribution in [2.24, 2.45) is 0 Å². The molecular formula is C28H37F3N4O3. The first-order valence-corrected chi connectivity index (χ1v) is 13.2. The van der Waals surface area contributed by atoms with E-state index < -0.39 is 35.4 Å². The Bertz CT molecular complexity index is 1210. The fourth-order valence-corrected chi connectivity index (χ4v) is 5.37. The Balaban J connectivity index is 1.66. The summed E-state index contributed by atoms with van der Waals surface area (Å²) < 4.78 is 48.6. The van der Waals surface area contributed by atoms with Crippen molar-refractivity contribution < 1.29 is 22.7 Å². The van der Waals surface area contributed by atoms with Gasteiger partial charge in [0.25, 0.3) is 17.9 Å². The number of halogens is 3. The number of anilines is 1. The van der Waals surface area contributed by atoms with Crippen LogP contribution in [0.15, 0.2) is 35.3 Å². The average molecular weight is 535 g/mol. The molecule has 2 aliphatic heterocycles. The lowest BCUT2D eigenvalue weighted by molar-refractivity contribution is -0.0695. The van der Waals surface area contributed by atoms with Gasteiger partial charge in [0, 0.05) is 36.5 Å². The SMILES string of the molecule is C[C@@H](NC(=O)c1cn([C@@H]2CCOC(C)(C)C2)c(=O)cc1NC1CCN(C)CC1)c1cccc(C(F)F)c1F. The molecule has 38 heavy (non-hydrogen) atoms. The Morgan fingerprint density at radius 1 is 1.16 bits per heavy atom. The molecule has 1 aromatic carbocycles. The van der Waals surface area contributed by atoms with Gasteiger partial charge in [-0.25, -0.2) is 13.2 Å². The van der Waals surface area contributed by atoms with E-state index in [1.165, 1.54) is 18.2 Å². The van der Waals surface area contributed by atoms with E-state index >= 15 is 0 Å².